The highest BCUT2D eigenvalue weighted by molar-refractivity contribution is 6.06. The summed E-state index contributed by atoms with van der Waals surface area (Å²) in [5.74, 6) is 0.802. The van der Waals surface area contributed by atoms with Crippen molar-refractivity contribution in [2.75, 3.05) is 82.5 Å². The number of terminal acetylenes is 1. The SMILES string of the molecule is C#Cc1c(F)ccc2cc(O)cc(-c3nc4c5c(nc(OCC67CCCN6CCC7)nc5c3F)N3CCCOCC3CC4)c12.COC(=O)N1CCC(OC2CCN(c3ccc4c(c3)CN(C3CCC(=O)NC3=O)C4=O)CC2)CC1. The minimum absolute atomic E-state index is 0.0143. The number of hydrogen-bond acceptors (Lipinski definition) is 15. The van der Waals surface area contributed by atoms with Gasteiger partial charge in [0.05, 0.1) is 54.1 Å². The number of likely N-dealkylation sites (tertiary alicyclic amines) is 1. The number of nitrogens with one attached hydrogen (secondary N) is 1. The van der Waals surface area contributed by atoms with E-state index in [2.05, 4.69) is 32.0 Å². The van der Waals surface area contributed by atoms with Gasteiger partial charge < -0.3 is 43.7 Å². The van der Waals surface area contributed by atoms with Crippen LogP contribution < -0.4 is 19.9 Å². The second-order valence-corrected chi connectivity index (χ2v) is 22.2. The molecule has 13 rings (SSSR count). The average Bonchev–Trinajstić information content (AvgIpc) is 4.16. The van der Waals surface area contributed by atoms with E-state index in [0.717, 1.165) is 102 Å². The molecule has 2 atom stereocenters. The van der Waals surface area contributed by atoms with E-state index in [0.29, 0.717) is 92.1 Å². The standard InChI is InChI=1S/C34H33F2N5O3.C25H32N4O6/c1-2-23-25(35)8-6-20-16-22(42)17-24(27(20)23)30-29(36)31-28-26(37-30)9-7-21-18-43-15-5-14-41(21)32(28)39-33(38-31)44-19-34-10-3-12-40(34)13-4-11-34;1-34-25(33)28-12-8-19(9-13-28)35-18-6-10-27(11-7-18)17-2-3-20-16(14-17)15-29(24(20)32)21-4-5-22(30)26-23(21)31/h1,6,8,16-17,21,42H,3-5,7,9-15,18-19H2;2-3,14,18-19,21H,4-13,15H2,1H3,(H,26,30,31). The molecule has 10 heterocycles. The third-order valence-electron chi connectivity index (χ3n) is 17.6. The molecule has 0 radical (unpaired) electrons. The van der Waals surface area contributed by atoms with E-state index in [-0.39, 0.29) is 88.1 Å². The van der Waals surface area contributed by atoms with Crippen molar-refractivity contribution in [2.24, 2.45) is 0 Å². The molecule has 2 N–H and O–H groups in total. The van der Waals surface area contributed by atoms with Crippen LogP contribution in [0.4, 0.5) is 25.1 Å². The Morgan fingerprint density at radius 1 is 0.861 bits per heavy atom. The molecule has 0 aliphatic carbocycles. The number of aromatic hydroxyl groups is 1. The number of halogens is 2. The number of hydrogen-bond donors (Lipinski definition) is 2. The number of carbonyl (C=O) groups excluding carboxylic acids is 4. The second-order valence-electron chi connectivity index (χ2n) is 22.2. The van der Waals surface area contributed by atoms with Gasteiger partial charge in [-0.3, -0.25) is 24.6 Å². The normalized spacial score (nSPS) is 22.4. The third kappa shape index (κ3) is 10.0. The predicted octanol–water partition coefficient (Wildman–Crippen LogP) is 7.02. The number of rotatable bonds is 8. The largest absolute Gasteiger partial charge is 0.508 e. The van der Waals surface area contributed by atoms with Crippen LogP contribution in [0.15, 0.2) is 42.5 Å². The maximum Gasteiger partial charge on any atom is 0.409 e. The predicted molar refractivity (Wildman–Crippen MR) is 289 cm³/mol. The molecule has 2 aromatic heterocycles. The molecule has 3 aromatic carbocycles. The number of aryl methyl sites for hydroxylation is 1. The van der Waals surface area contributed by atoms with E-state index in [1.54, 1.807) is 9.80 Å². The number of ether oxygens (including phenoxy) is 4. The molecule has 0 spiro atoms. The van der Waals surface area contributed by atoms with Gasteiger partial charge in [-0.15, -0.1) is 6.42 Å². The first kappa shape index (κ1) is 52.5. The van der Waals surface area contributed by atoms with Crippen molar-refractivity contribution in [3.05, 3.63) is 76.5 Å². The molecular formula is C59H65F2N9O9. The molecule has 0 bridgehead atoms. The Balaban J connectivity index is 0.000000162. The number of phenolic OH excluding ortho intramolecular Hbond substituents is 1. The molecule has 4 amide bonds. The fourth-order valence-corrected chi connectivity index (χ4v) is 13.5. The average molecular weight is 1080 g/mol. The summed E-state index contributed by atoms with van der Waals surface area (Å²) >= 11 is 0. The topological polar surface area (TPSA) is 192 Å². The number of aromatic nitrogens is 3. The van der Waals surface area contributed by atoms with E-state index in [1.807, 2.05) is 12.1 Å². The van der Waals surface area contributed by atoms with Crippen molar-refractivity contribution in [1.29, 1.82) is 0 Å². The molecule has 2 unspecified atom stereocenters. The van der Waals surface area contributed by atoms with Gasteiger partial charge in [0.2, 0.25) is 11.8 Å². The first-order chi connectivity index (χ1) is 38.4. The van der Waals surface area contributed by atoms with Crippen molar-refractivity contribution in [3.8, 4) is 35.4 Å². The molecule has 6 fully saturated rings. The fraction of sp³-hybridized carbons (Fsp3) is 0.508. The number of benzene rings is 3. The number of pyridine rings is 1. The number of imide groups is 1. The smallest absolute Gasteiger partial charge is 0.409 e. The lowest BCUT2D eigenvalue weighted by Gasteiger charge is -2.37. The molecule has 20 heteroatoms. The molecule has 8 aliphatic heterocycles. The summed E-state index contributed by atoms with van der Waals surface area (Å²) in [6.07, 6.45) is 16.4. The lowest BCUT2D eigenvalue weighted by Crippen LogP contribution is -2.52. The highest BCUT2D eigenvalue weighted by atomic mass is 19.1. The van der Waals surface area contributed by atoms with Crippen LogP contribution in [0.2, 0.25) is 0 Å². The van der Waals surface area contributed by atoms with Crippen LogP contribution in [-0.2, 0) is 36.8 Å². The molecule has 5 aromatic rings. The van der Waals surface area contributed by atoms with Crippen molar-refractivity contribution < 1.29 is 52.0 Å². The lowest BCUT2D eigenvalue weighted by atomic mass is 9.95. The summed E-state index contributed by atoms with van der Waals surface area (Å²) in [7, 11) is 1.41. The Bertz CT molecular complexity index is 3270. The number of anilines is 2. The number of phenols is 1. The zero-order chi connectivity index (χ0) is 54.5. The quantitative estimate of drug-likeness (QED) is 0.119. The molecule has 79 heavy (non-hydrogen) atoms. The first-order valence-electron chi connectivity index (χ1n) is 27.9. The summed E-state index contributed by atoms with van der Waals surface area (Å²) in [6.45, 7) is 7.92. The Kier molecular flexibility index (Phi) is 14.5. The van der Waals surface area contributed by atoms with Gasteiger partial charge in [-0.2, -0.15) is 9.97 Å². The van der Waals surface area contributed by atoms with E-state index < -0.39 is 17.7 Å². The maximum atomic E-state index is 17.0. The van der Waals surface area contributed by atoms with Crippen LogP contribution >= 0.6 is 0 Å². The van der Waals surface area contributed by atoms with Gasteiger partial charge in [-0.05, 0) is 137 Å². The van der Waals surface area contributed by atoms with Crippen molar-refractivity contribution >= 4 is 57.0 Å². The van der Waals surface area contributed by atoms with E-state index in [4.69, 9.17) is 40.3 Å². The van der Waals surface area contributed by atoms with Crippen LogP contribution in [0.1, 0.15) is 104 Å². The number of carbonyl (C=O) groups is 4. The number of piperidine rings is 3. The highest BCUT2D eigenvalue weighted by Gasteiger charge is 2.46. The lowest BCUT2D eigenvalue weighted by molar-refractivity contribution is -0.136. The van der Waals surface area contributed by atoms with Crippen molar-refractivity contribution in [2.45, 2.75) is 120 Å². The summed E-state index contributed by atoms with van der Waals surface area (Å²) in [5.41, 5.74) is 3.48. The van der Waals surface area contributed by atoms with E-state index in [9.17, 15) is 28.7 Å². The van der Waals surface area contributed by atoms with Crippen LogP contribution in [0.25, 0.3) is 32.9 Å². The molecule has 18 nitrogen and oxygen atoms in total. The zero-order valence-electron chi connectivity index (χ0n) is 44.4. The van der Waals surface area contributed by atoms with E-state index in [1.165, 1.54) is 31.4 Å². The summed E-state index contributed by atoms with van der Waals surface area (Å²) in [6, 6.07) is 11.1. The minimum atomic E-state index is -0.692. The minimum Gasteiger partial charge on any atom is -0.508 e. The van der Waals surface area contributed by atoms with Crippen LogP contribution in [-0.4, -0.2) is 161 Å². The van der Waals surface area contributed by atoms with Crippen LogP contribution in [0.5, 0.6) is 11.8 Å². The van der Waals surface area contributed by atoms with Gasteiger partial charge >= 0.3 is 12.1 Å². The van der Waals surface area contributed by atoms with Gasteiger partial charge in [0.25, 0.3) is 5.91 Å². The molecule has 414 valence electrons. The van der Waals surface area contributed by atoms with Gasteiger partial charge in [-0.25, -0.2) is 18.6 Å². The highest BCUT2D eigenvalue weighted by Crippen LogP contribution is 2.44. The van der Waals surface area contributed by atoms with Gasteiger partial charge in [0.15, 0.2) is 5.82 Å². The first-order valence-corrected chi connectivity index (χ1v) is 27.9. The monoisotopic (exact) mass is 1080 g/mol. The van der Waals surface area contributed by atoms with Gasteiger partial charge in [0, 0.05) is 74.5 Å². The number of amides is 4. The number of fused-ring (bicyclic) bond motifs is 5. The van der Waals surface area contributed by atoms with Crippen LogP contribution in [0, 0.1) is 24.0 Å². The zero-order valence-corrected chi connectivity index (χ0v) is 44.4. The Morgan fingerprint density at radius 2 is 1.63 bits per heavy atom. The van der Waals surface area contributed by atoms with Crippen molar-refractivity contribution in [1.82, 2.24) is 35.0 Å². The Morgan fingerprint density at radius 3 is 2.38 bits per heavy atom. The maximum absolute atomic E-state index is 17.0. The van der Waals surface area contributed by atoms with Crippen molar-refractivity contribution in [3.63, 3.8) is 0 Å². The number of nitrogens with zero attached hydrogens (tertiary/aromatic N) is 8. The molecule has 8 aliphatic rings. The molecule has 6 saturated heterocycles. The summed E-state index contributed by atoms with van der Waals surface area (Å²) in [5, 5.41) is 14.3. The van der Waals surface area contributed by atoms with Crippen LogP contribution in [0.3, 0.4) is 0 Å². The Hall–Kier alpha value is -7.21. The molecular weight excluding hydrogens is 1020 g/mol. The van der Waals surface area contributed by atoms with Gasteiger partial charge in [0.1, 0.15) is 41.2 Å². The number of methoxy groups -OCH3 is 1. The fourth-order valence-electron chi connectivity index (χ4n) is 13.5. The molecule has 0 saturated carbocycles. The second kappa shape index (κ2) is 21.8. The third-order valence-corrected chi connectivity index (χ3v) is 17.6. The van der Waals surface area contributed by atoms with Gasteiger partial charge in [-0.1, -0.05) is 12.0 Å². The Labute approximate surface area is 456 Å². The summed E-state index contributed by atoms with van der Waals surface area (Å²) < 4.78 is 55.3. The summed E-state index contributed by atoms with van der Waals surface area (Å²) in [4.78, 5) is 73.1. The van der Waals surface area contributed by atoms with E-state index >= 15 is 4.39 Å².